The fourth-order valence-electron chi connectivity index (χ4n) is 1.55. The van der Waals surface area contributed by atoms with E-state index in [0.717, 1.165) is 0 Å². The maximum atomic E-state index is 9.59. The van der Waals surface area contributed by atoms with Gasteiger partial charge in [-0.1, -0.05) is 6.92 Å². The maximum Gasteiger partial charge on any atom is 0.109 e. The van der Waals surface area contributed by atoms with Gasteiger partial charge in [-0.05, 0) is 0 Å². The molecule has 12 heavy (non-hydrogen) atoms. The molecular formula is C8H16O4. The molecule has 0 aliphatic carbocycles. The molecule has 0 aromatic heterocycles. The van der Waals surface area contributed by atoms with Gasteiger partial charge in [0.2, 0.25) is 0 Å². The lowest BCUT2D eigenvalue weighted by Gasteiger charge is -2.37. The summed E-state index contributed by atoms with van der Waals surface area (Å²) in [6.45, 7) is 2.32. The maximum absolute atomic E-state index is 9.59. The highest BCUT2D eigenvalue weighted by molar-refractivity contribution is 4.85. The molecule has 0 spiro atoms. The van der Waals surface area contributed by atoms with Gasteiger partial charge in [-0.15, -0.1) is 0 Å². The Labute approximate surface area is 72.1 Å². The van der Waals surface area contributed by atoms with Crippen LogP contribution in [0.25, 0.3) is 0 Å². The molecule has 1 heterocycles. The van der Waals surface area contributed by atoms with Crippen LogP contribution < -0.4 is 0 Å². The van der Waals surface area contributed by atoms with Gasteiger partial charge in [-0.2, -0.15) is 0 Å². The van der Waals surface area contributed by atoms with E-state index in [0.29, 0.717) is 6.61 Å². The van der Waals surface area contributed by atoms with E-state index in [2.05, 4.69) is 0 Å². The van der Waals surface area contributed by atoms with Gasteiger partial charge in [0.15, 0.2) is 0 Å². The Morgan fingerprint density at radius 1 is 1.58 bits per heavy atom. The summed E-state index contributed by atoms with van der Waals surface area (Å²) in [4.78, 5) is 0. The Kier molecular flexibility index (Phi) is 3.46. The first kappa shape index (κ1) is 9.92. The Morgan fingerprint density at radius 3 is 2.75 bits per heavy atom. The van der Waals surface area contributed by atoms with Crippen molar-refractivity contribution in [3.63, 3.8) is 0 Å². The highest BCUT2D eigenvalue weighted by atomic mass is 16.5. The molecule has 0 aromatic rings. The van der Waals surface area contributed by atoms with Crippen LogP contribution in [0.3, 0.4) is 0 Å². The largest absolute Gasteiger partial charge is 0.394 e. The van der Waals surface area contributed by atoms with Crippen molar-refractivity contribution in [3.8, 4) is 0 Å². The molecule has 0 bridgehead atoms. The lowest BCUT2D eigenvalue weighted by atomic mass is 9.94. The van der Waals surface area contributed by atoms with Crippen molar-refractivity contribution in [2.24, 2.45) is 5.92 Å². The zero-order valence-electron chi connectivity index (χ0n) is 7.43. The second-order valence-electron chi connectivity index (χ2n) is 3.22. The minimum absolute atomic E-state index is 0.159. The summed E-state index contributed by atoms with van der Waals surface area (Å²) in [5.41, 5.74) is 0. The smallest absolute Gasteiger partial charge is 0.109 e. The van der Waals surface area contributed by atoms with Crippen LogP contribution >= 0.6 is 0 Å². The topological polar surface area (TPSA) is 58.9 Å². The monoisotopic (exact) mass is 176 g/mol. The van der Waals surface area contributed by atoms with E-state index in [-0.39, 0.29) is 18.6 Å². The van der Waals surface area contributed by atoms with Crippen LogP contribution in [0.15, 0.2) is 0 Å². The summed E-state index contributed by atoms with van der Waals surface area (Å²) < 4.78 is 10.3. The van der Waals surface area contributed by atoms with Crippen LogP contribution in [-0.4, -0.2) is 48.8 Å². The number of aliphatic hydroxyl groups is 2. The predicted octanol–water partition coefficient (Wildman–Crippen LogP) is -0.611. The van der Waals surface area contributed by atoms with Gasteiger partial charge in [0.25, 0.3) is 0 Å². The molecule has 4 atom stereocenters. The quantitative estimate of drug-likeness (QED) is 0.589. The highest BCUT2D eigenvalue weighted by Gasteiger charge is 2.36. The van der Waals surface area contributed by atoms with Crippen molar-refractivity contribution >= 4 is 0 Å². The third kappa shape index (κ3) is 1.77. The molecule has 4 heteroatoms. The van der Waals surface area contributed by atoms with E-state index in [4.69, 9.17) is 14.6 Å². The average molecular weight is 176 g/mol. The van der Waals surface area contributed by atoms with Gasteiger partial charge in [0, 0.05) is 13.0 Å². The Morgan fingerprint density at radius 2 is 2.25 bits per heavy atom. The van der Waals surface area contributed by atoms with Crippen LogP contribution in [0.5, 0.6) is 0 Å². The average Bonchev–Trinajstić information content (AvgIpc) is 2.06. The second kappa shape index (κ2) is 4.18. The van der Waals surface area contributed by atoms with Crippen molar-refractivity contribution in [1.82, 2.24) is 0 Å². The molecule has 0 amide bonds. The van der Waals surface area contributed by atoms with Crippen molar-refractivity contribution in [2.75, 3.05) is 20.3 Å². The zero-order valence-corrected chi connectivity index (χ0v) is 7.43. The lowest BCUT2D eigenvalue weighted by Crippen LogP contribution is -2.51. The minimum Gasteiger partial charge on any atom is -0.394 e. The van der Waals surface area contributed by atoms with Crippen LogP contribution in [0, 0.1) is 5.92 Å². The minimum atomic E-state index is -0.719. The van der Waals surface area contributed by atoms with Gasteiger partial charge in [-0.25, -0.2) is 0 Å². The molecule has 0 saturated carbocycles. The van der Waals surface area contributed by atoms with Gasteiger partial charge in [0.05, 0.1) is 19.3 Å². The first-order valence-electron chi connectivity index (χ1n) is 4.14. The summed E-state index contributed by atoms with van der Waals surface area (Å²) in [6, 6.07) is 0. The van der Waals surface area contributed by atoms with E-state index in [1.165, 1.54) is 0 Å². The molecule has 0 radical (unpaired) electrons. The van der Waals surface area contributed by atoms with Gasteiger partial charge >= 0.3 is 0 Å². The summed E-state index contributed by atoms with van der Waals surface area (Å²) in [6.07, 6.45) is -1.44. The molecule has 1 fully saturated rings. The van der Waals surface area contributed by atoms with E-state index in [1.807, 2.05) is 6.92 Å². The summed E-state index contributed by atoms with van der Waals surface area (Å²) in [7, 11) is 1.56. The van der Waals surface area contributed by atoms with Crippen LogP contribution in [0.4, 0.5) is 0 Å². The molecule has 72 valence electrons. The Bertz CT molecular complexity index is 139. The predicted molar refractivity (Wildman–Crippen MR) is 42.8 cm³/mol. The number of rotatable bonds is 2. The molecule has 1 aliphatic rings. The van der Waals surface area contributed by atoms with Crippen LogP contribution in [0.2, 0.25) is 0 Å². The molecule has 1 rings (SSSR count). The lowest BCUT2D eigenvalue weighted by molar-refractivity contribution is -0.179. The summed E-state index contributed by atoms with van der Waals surface area (Å²) >= 11 is 0. The number of hydrogen-bond donors (Lipinski definition) is 2. The molecule has 1 aliphatic heterocycles. The standard InChI is InChI=1S/C8H16O4/c1-5-4-12-6(3-9)7(10)8(5)11-2/h5-10H,3-4H2,1-2H3/t5-,6-,7-,8+/m1/s1. The van der Waals surface area contributed by atoms with Crippen molar-refractivity contribution in [1.29, 1.82) is 0 Å². The fourth-order valence-corrected chi connectivity index (χ4v) is 1.55. The van der Waals surface area contributed by atoms with Gasteiger partial charge < -0.3 is 19.7 Å². The van der Waals surface area contributed by atoms with Crippen LogP contribution in [-0.2, 0) is 9.47 Å². The van der Waals surface area contributed by atoms with Crippen molar-refractivity contribution in [2.45, 2.75) is 25.2 Å². The van der Waals surface area contributed by atoms with Crippen molar-refractivity contribution in [3.05, 3.63) is 0 Å². The Hall–Kier alpha value is -0.160. The molecule has 2 N–H and O–H groups in total. The van der Waals surface area contributed by atoms with Gasteiger partial charge in [-0.3, -0.25) is 0 Å². The molecule has 4 nitrogen and oxygen atoms in total. The van der Waals surface area contributed by atoms with E-state index >= 15 is 0 Å². The normalized spacial score (nSPS) is 43.0. The number of aliphatic hydroxyl groups excluding tert-OH is 2. The first-order valence-corrected chi connectivity index (χ1v) is 4.14. The first-order chi connectivity index (χ1) is 5.70. The number of ether oxygens (including phenoxy) is 2. The van der Waals surface area contributed by atoms with Crippen LogP contribution in [0.1, 0.15) is 6.92 Å². The SMILES string of the molecule is CO[C@@H]1[C@H](O)[C@@H](CO)OC[C@H]1C. The number of methoxy groups -OCH3 is 1. The Balaban J connectivity index is 2.56. The fraction of sp³-hybridized carbons (Fsp3) is 1.00. The third-order valence-corrected chi connectivity index (χ3v) is 2.30. The van der Waals surface area contributed by atoms with Gasteiger partial charge in [0.1, 0.15) is 12.2 Å². The van der Waals surface area contributed by atoms with E-state index in [1.54, 1.807) is 7.11 Å². The summed E-state index contributed by atoms with van der Waals surface area (Å²) in [5.74, 6) is 0.174. The molecule has 0 aromatic carbocycles. The van der Waals surface area contributed by atoms with E-state index < -0.39 is 12.2 Å². The molecular weight excluding hydrogens is 160 g/mol. The van der Waals surface area contributed by atoms with Crippen molar-refractivity contribution < 1.29 is 19.7 Å². The highest BCUT2D eigenvalue weighted by Crippen LogP contribution is 2.21. The molecule has 1 saturated heterocycles. The molecule has 0 unspecified atom stereocenters. The zero-order chi connectivity index (χ0) is 9.14. The van der Waals surface area contributed by atoms with E-state index in [9.17, 15) is 5.11 Å². The number of hydrogen-bond acceptors (Lipinski definition) is 4. The third-order valence-electron chi connectivity index (χ3n) is 2.30. The summed E-state index contributed by atoms with van der Waals surface area (Å²) in [5, 5.41) is 18.4. The second-order valence-corrected chi connectivity index (χ2v) is 3.22.